The minimum atomic E-state index is -0.115. The fourth-order valence-electron chi connectivity index (χ4n) is 2.63. The van der Waals surface area contributed by atoms with Crippen molar-refractivity contribution in [2.24, 2.45) is 0 Å². The highest BCUT2D eigenvalue weighted by atomic mass is 16.7. The molecule has 0 aromatic rings. The molecule has 0 N–H and O–H groups in total. The van der Waals surface area contributed by atoms with Gasteiger partial charge in [-0.15, -0.1) is 0 Å². The molecule has 1 atom stereocenters. The van der Waals surface area contributed by atoms with Crippen LogP contribution in [0.4, 0.5) is 0 Å². The highest BCUT2D eigenvalue weighted by Gasteiger charge is 2.14. The standard InChI is InChI=1S/C20H26O4/c1-15(10-12-24-20-5-3-4-11-23-20)6-7-16(2)13-17-14-18(21)8-9-19(17)22/h7-10,14,20H,3-6,11-13H2,1-2H3/b15-10+,16-7+. The Balaban J connectivity index is 1.75. The van der Waals surface area contributed by atoms with Gasteiger partial charge in [0.05, 0.1) is 6.61 Å². The lowest BCUT2D eigenvalue weighted by Crippen LogP contribution is -2.22. The highest BCUT2D eigenvalue weighted by molar-refractivity contribution is 6.17. The van der Waals surface area contributed by atoms with Crippen LogP contribution in [-0.4, -0.2) is 31.1 Å². The van der Waals surface area contributed by atoms with Crippen LogP contribution in [0.25, 0.3) is 0 Å². The van der Waals surface area contributed by atoms with Crippen LogP contribution in [0.5, 0.6) is 0 Å². The van der Waals surface area contributed by atoms with Crippen LogP contribution < -0.4 is 0 Å². The fourth-order valence-corrected chi connectivity index (χ4v) is 2.63. The van der Waals surface area contributed by atoms with E-state index in [0.717, 1.165) is 31.4 Å². The normalized spacial score (nSPS) is 22.8. The van der Waals surface area contributed by atoms with Crippen LogP contribution >= 0.6 is 0 Å². The number of hydrogen-bond acceptors (Lipinski definition) is 4. The van der Waals surface area contributed by atoms with E-state index < -0.39 is 0 Å². The van der Waals surface area contributed by atoms with Gasteiger partial charge in [0.15, 0.2) is 17.9 Å². The van der Waals surface area contributed by atoms with Gasteiger partial charge < -0.3 is 9.47 Å². The molecular formula is C20H26O4. The molecular weight excluding hydrogens is 304 g/mol. The van der Waals surface area contributed by atoms with Gasteiger partial charge >= 0.3 is 0 Å². The second kappa shape index (κ2) is 9.50. The predicted molar refractivity (Wildman–Crippen MR) is 93.5 cm³/mol. The monoisotopic (exact) mass is 330 g/mol. The summed E-state index contributed by atoms with van der Waals surface area (Å²) in [4.78, 5) is 23.1. The number of rotatable bonds is 7. The molecule has 1 aliphatic heterocycles. The van der Waals surface area contributed by atoms with Gasteiger partial charge in [-0.1, -0.05) is 23.3 Å². The zero-order chi connectivity index (χ0) is 17.4. The number of carbonyl (C=O) groups is 2. The van der Waals surface area contributed by atoms with Crippen molar-refractivity contribution in [3.05, 3.63) is 47.1 Å². The minimum Gasteiger partial charge on any atom is -0.353 e. The average Bonchev–Trinajstić information content (AvgIpc) is 2.57. The molecule has 0 radical (unpaired) electrons. The summed E-state index contributed by atoms with van der Waals surface area (Å²) in [5, 5.41) is 0. The predicted octanol–water partition coefficient (Wildman–Crippen LogP) is 3.84. The van der Waals surface area contributed by atoms with E-state index in [1.807, 2.05) is 6.92 Å². The molecule has 1 saturated heterocycles. The zero-order valence-corrected chi connectivity index (χ0v) is 14.5. The molecule has 1 aliphatic carbocycles. The first kappa shape index (κ1) is 18.6. The minimum absolute atomic E-state index is 0.0603. The van der Waals surface area contributed by atoms with E-state index in [1.54, 1.807) is 0 Å². The van der Waals surface area contributed by atoms with Gasteiger partial charge in [0.2, 0.25) is 0 Å². The second-order valence-electron chi connectivity index (χ2n) is 6.38. The molecule has 130 valence electrons. The van der Waals surface area contributed by atoms with Crippen molar-refractivity contribution < 1.29 is 19.1 Å². The molecule has 0 aromatic heterocycles. The summed E-state index contributed by atoms with van der Waals surface area (Å²) in [5.41, 5.74) is 2.86. The third kappa shape index (κ3) is 6.38. The number of allylic oxidation sites excluding steroid dienone is 7. The molecule has 0 spiro atoms. The van der Waals surface area contributed by atoms with E-state index in [1.165, 1.54) is 30.2 Å². The van der Waals surface area contributed by atoms with Crippen molar-refractivity contribution in [3.63, 3.8) is 0 Å². The second-order valence-corrected chi connectivity index (χ2v) is 6.38. The van der Waals surface area contributed by atoms with Gasteiger partial charge in [0.1, 0.15) is 0 Å². The van der Waals surface area contributed by atoms with Crippen LogP contribution in [0, 0.1) is 0 Å². The van der Waals surface area contributed by atoms with E-state index in [9.17, 15) is 9.59 Å². The lowest BCUT2D eigenvalue weighted by Gasteiger charge is -2.22. The summed E-state index contributed by atoms with van der Waals surface area (Å²) in [6.07, 6.45) is 12.8. The van der Waals surface area contributed by atoms with Crippen LogP contribution in [0.1, 0.15) is 46.0 Å². The Labute approximate surface area is 143 Å². The Morgan fingerprint density at radius 2 is 2.04 bits per heavy atom. The summed E-state index contributed by atoms with van der Waals surface area (Å²) in [5.74, 6) is -0.189. The smallest absolute Gasteiger partial charge is 0.182 e. The Kier molecular flexibility index (Phi) is 7.35. The molecule has 0 aromatic carbocycles. The topological polar surface area (TPSA) is 52.6 Å². The van der Waals surface area contributed by atoms with Crippen LogP contribution in [0.2, 0.25) is 0 Å². The van der Waals surface area contributed by atoms with E-state index in [2.05, 4.69) is 19.1 Å². The van der Waals surface area contributed by atoms with Crippen molar-refractivity contribution >= 4 is 11.6 Å². The molecule has 1 unspecified atom stereocenters. The number of carbonyl (C=O) groups excluding carboxylic acids is 2. The number of ketones is 2. The Morgan fingerprint density at radius 3 is 2.79 bits per heavy atom. The van der Waals surface area contributed by atoms with E-state index in [0.29, 0.717) is 18.6 Å². The number of ether oxygens (including phenoxy) is 2. The molecule has 4 heteroatoms. The quantitative estimate of drug-likeness (QED) is 0.526. The highest BCUT2D eigenvalue weighted by Crippen LogP contribution is 2.17. The third-order valence-electron chi connectivity index (χ3n) is 4.13. The number of hydrogen-bond donors (Lipinski definition) is 0. The van der Waals surface area contributed by atoms with Gasteiger partial charge in [0.25, 0.3) is 0 Å². The molecule has 0 amide bonds. The molecule has 4 nitrogen and oxygen atoms in total. The first-order valence-corrected chi connectivity index (χ1v) is 8.56. The van der Waals surface area contributed by atoms with Crippen molar-refractivity contribution in [2.45, 2.75) is 52.2 Å². The van der Waals surface area contributed by atoms with Gasteiger partial charge in [-0.3, -0.25) is 9.59 Å². The largest absolute Gasteiger partial charge is 0.353 e. The van der Waals surface area contributed by atoms with Crippen molar-refractivity contribution in [3.8, 4) is 0 Å². The van der Waals surface area contributed by atoms with E-state index >= 15 is 0 Å². The van der Waals surface area contributed by atoms with Gasteiger partial charge in [-0.05, 0) is 64.2 Å². The lowest BCUT2D eigenvalue weighted by molar-refractivity contribution is -0.155. The van der Waals surface area contributed by atoms with Crippen LogP contribution in [-0.2, 0) is 19.1 Å². The maximum absolute atomic E-state index is 11.7. The molecule has 2 aliphatic rings. The molecule has 0 bridgehead atoms. The Hall–Kier alpha value is -1.78. The van der Waals surface area contributed by atoms with Gasteiger partial charge in [-0.2, -0.15) is 0 Å². The summed E-state index contributed by atoms with van der Waals surface area (Å²) in [6, 6.07) is 0. The SMILES string of the molecule is C/C(=C\COC1CCCCO1)C/C=C(\C)CC1=CC(=O)C=CC1=O. The first-order valence-electron chi connectivity index (χ1n) is 8.56. The van der Waals surface area contributed by atoms with Crippen LogP contribution in [0.15, 0.2) is 47.1 Å². The average molecular weight is 330 g/mol. The molecule has 24 heavy (non-hydrogen) atoms. The fraction of sp³-hybridized carbons (Fsp3) is 0.500. The Morgan fingerprint density at radius 1 is 1.21 bits per heavy atom. The van der Waals surface area contributed by atoms with Crippen molar-refractivity contribution in [1.82, 2.24) is 0 Å². The van der Waals surface area contributed by atoms with E-state index in [-0.39, 0.29) is 17.9 Å². The third-order valence-corrected chi connectivity index (χ3v) is 4.13. The molecule has 1 heterocycles. The summed E-state index contributed by atoms with van der Waals surface area (Å²) in [6.45, 7) is 5.40. The summed E-state index contributed by atoms with van der Waals surface area (Å²) in [7, 11) is 0. The van der Waals surface area contributed by atoms with Crippen molar-refractivity contribution in [2.75, 3.05) is 13.2 Å². The van der Waals surface area contributed by atoms with E-state index in [4.69, 9.17) is 9.47 Å². The summed E-state index contributed by atoms with van der Waals surface area (Å²) >= 11 is 0. The van der Waals surface area contributed by atoms with Gasteiger partial charge in [0, 0.05) is 12.2 Å². The maximum Gasteiger partial charge on any atom is 0.182 e. The summed E-state index contributed by atoms with van der Waals surface area (Å²) < 4.78 is 11.2. The Bertz CT molecular complexity index is 587. The zero-order valence-electron chi connectivity index (χ0n) is 14.5. The maximum atomic E-state index is 11.7. The molecule has 0 saturated carbocycles. The lowest BCUT2D eigenvalue weighted by atomic mass is 9.96. The van der Waals surface area contributed by atoms with Gasteiger partial charge in [-0.25, -0.2) is 0 Å². The van der Waals surface area contributed by atoms with Crippen molar-refractivity contribution in [1.29, 1.82) is 0 Å². The molecule has 2 rings (SSSR count). The molecule has 1 fully saturated rings. The first-order chi connectivity index (χ1) is 11.5. The van der Waals surface area contributed by atoms with Crippen LogP contribution in [0.3, 0.4) is 0 Å².